The second-order valence-electron chi connectivity index (χ2n) is 9.69. The second kappa shape index (κ2) is 22.1. The van der Waals surface area contributed by atoms with Gasteiger partial charge in [0.05, 0.1) is 5.70 Å². The Bertz CT molecular complexity index is 885. The molecule has 0 radical (unpaired) electrons. The minimum absolute atomic E-state index is 0.0550. The highest BCUT2D eigenvalue weighted by Crippen LogP contribution is 2.21. The predicted molar refractivity (Wildman–Crippen MR) is 162 cm³/mol. The van der Waals surface area contributed by atoms with Crippen LogP contribution >= 0.6 is 24.0 Å². The summed E-state index contributed by atoms with van der Waals surface area (Å²) in [5.74, 6) is -0.320. The van der Waals surface area contributed by atoms with Gasteiger partial charge >= 0.3 is 5.97 Å². The first-order valence-electron chi connectivity index (χ1n) is 14.5. The molecule has 0 unspecified atom stereocenters. The number of nitrogens with one attached hydrogen (secondary N) is 2. The van der Waals surface area contributed by atoms with Gasteiger partial charge in [0.15, 0.2) is 0 Å². The van der Waals surface area contributed by atoms with E-state index in [-0.39, 0.29) is 49.7 Å². The van der Waals surface area contributed by atoms with E-state index in [0.717, 1.165) is 42.9 Å². The molecule has 2 aliphatic heterocycles. The summed E-state index contributed by atoms with van der Waals surface area (Å²) < 4.78 is 5.72. The van der Waals surface area contributed by atoms with Gasteiger partial charge in [-0.25, -0.2) is 4.79 Å². The Morgan fingerprint density at radius 1 is 0.902 bits per heavy atom. The normalized spacial score (nSPS) is 14.5. The maximum atomic E-state index is 11.7. The molecule has 0 atom stereocenters. The summed E-state index contributed by atoms with van der Waals surface area (Å²) >= 11 is 6.54. The van der Waals surface area contributed by atoms with Crippen LogP contribution in [0.4, 0.5) is 0 Å². The molecule has 2 rings (SSSR count). The average molecular weight is 615 g/mol. The molecule has 0 spiro atoms. The molecule has 232 valence electrons. The quantitative estimate of drug-likeness (QED) is 0.175. The first-order chi connectivity index (χ1) is 19.7. The van der Waals surface area contributed by atoms with Crippen molar-refractivity contribution in [2.24, 2.45) is 0 Å². The maximum absolute atomic E-state index is 11.7. The van der Waals surface area contributed by atoms with Gasteiger partial charge in [-0.1, -0.05) is 76.5 Å². The lowest BCUT2D eigenvalue weighted by Gasteiger charge is -2.15. The molecule has 4 amide bonds. The molecule has 2 fully saturated rings. The molecule has 0 saturated carbocycles. The van der Waals surface area contributed by atoms with Gasteiger partial charge in [-0.05, 0) is 25.7 Å². The van der Waals surface area contributed by atoms with Gasteiger partial charge in [0.25, 0.3) is 11.8 Å². The number of hydrogen-bond donors (Lipinski definition) is 2. The number of carbonyl (C=O) groups excluding carboxylic acids is 5. The number of hydrogen-bond acceptors (Lipinski definition) is 9. The van der Waals surface area contributed by atoms with E-state index in [0.29, 0.717) is 48.9 Å². The van der Waals surface area contributed by atoms with Crippen molar-refractivity contribution in [1.29, 1.82) is 0 Å². The molecule has 2 heterocycles. The number of unbranched alkanes of at least 4 members (excludes halogenated alkanes) is 5. The van der Waals surface area contributed by atoms with Gasteiger partial charge in [0.2, 0.25) is 11.8 Å². The number of hydroxylamine groups is 2. The second-order valence-corrected chi connectivity index (χ2v) is 11.4. The smallest absolute Gasteiger partial charge is 0.333 e. The standard InChI is InChI=1S/C15H24N2O4.C13H22N2O3S2/c1-3-4-5-11-16-13(18)7-6-8-15(20)21-17-12(2)9-10-14(17)19;1-2-3-4-5-6-14-11(16)9-18-10-12(17)15-7-8-20-13(15)19/h2-11H2,1H3,(H,16,18);2-10H2,1H3,(H,14,16). The van der Waals surface area contributed by atoms with Gasteiger partial charge in [-0.3, -0.25) is 24.1 Å². The van der Waals surface area contributed by atoms with Gasteiger partial charge in [-0.15, -0.1) is 5.06 Å². The lowest BCUT2D eigenvalue weighted by Crippen LogP contribution is -2.35. The number of carbonyl (C=O) groups is 5. The van der Waals surface area contributed by atoms with E-state index >= 15 is 0 Å². The highest BCUT2D eigenvalue weighted by Gasteiger charge is 2.28. The third-order valence-corrected chi connectivity index (χ3v) is 7.52. The van der Waals surface area contributed by atoms with Crippen molar-refractivity contribution >= 4 is 57.9 Å². The topological polar surface area (TPSA) is 134 Å². The molecule has 0 aliphatic carbocycles. The Hall–Kier alpha value is -2.51. The van der Waals surface area contributed by atoms with E-state index in [1.54, 1.807) is 0 Å². The Balaban J connectivity index is 0.000000410. The Kier molecular flexibility index (Phi) is 19.7. The Labute approximate surface area is 253 Å². The van der Waals surface area contributed by atoms with Gasteiger partial charge in [0.1, 0.15) is 17.5 Å². The Morgan fingerprint density at radius 3 is 2.17 bits per heavy atom. The van der Waals surface area contributed by atoms with Gasteiger partial charge in [-0.2, -0.15) is 0 Å². The largest absolute Gasteiger partial charge is 0.362 e. The number of allylic oxidation sites excluding steroid dienone is 1. The van der Waals surface area contributed by atoms with Crippen LogP contribution in [0.1, 0.15) is 90.9 Å². The fraction of sp³-hybridized carbons (Fsp3) is 0.714. The summed E-state index contributed by atoms with van der Waals surface area (Å²) in [5.41, 5.74) is 0.502. The molecule has 13 heteroatoms. The zero-order valence-corrected chi connectivity index (χ0v) is 26.1. The molecule has 11 nitrogen and oxygen atoms in total. The third kappa shape index (κ3) is 16.5. The molecule has 2 N–H and O–H groups in total. The van der Waals surface area contributed by atoms with Crippen molar-refractivity contribution in [3.8, 4) is 0 Å². The Morgan fingerprint density at radius 2 is 1.56 bits per heavy atom. The molecule has 2 aliphatic rings. The van der Waals surface area contributed by atoms with Crippen LogP contribution in [-0.2, 0) is 33.5 Å². The lowest BCUT2D eigenvalue weighted by atomic mass is 10.2. The van der Waals surface area contributed by atoms with Crippen LogP contribution < -0.4 is 10.6 Å². The summed E-state index contributed by atoms with van der Waals surface area (Å²) in [6.07, 6.45) is 9.32. The number of rotatable bonds is 18. The number of thioether (sulfide) groups is 1. The van der Waals surface area contributed by atoms with E-state index < -0.39 is 5.97 Å². The van der Waals surface area contributed by atoms with Crippen LogP contribution in [0.3, 0.4) is 0 Å². The van der Waals surface area contributed by atoms with Gasteiger partial charge in [0, 0.05) is 44.6 Å². The number of amides is 4. The highest BCUT2D eigenvalue weighted by molar-refractivity contribution is 8.23. The summed E-state index contributed by atoms with van der Waals surface area (Å²) in [6.45, 7) is 9.73. The van der Waals surface area contributed by atoms with E-state index in [4.69, 9.17) is 21.8 Å². The first-order valence-corrected chi connectivity index (χ1v) is 15.9. The highest BCUT2D eigenvalue weighted by atomic mass is 32.2. The van der Waals surface area contributed by atoms with Crippen molar-refractivity contribution in [2.45, 2.75) is 90.9 Å². The monoisotopic (exact) mass is 614 g/mol. The maximum Gasteiger partial charge on any atom is 0.333 e. The van der Waals surface area contributed by atoms with Crippen LogP contribution in [-0.4, -0.2) is 82.5 Å². The van der Waals surface area contributed by atoms with E-state index in [2.05, 4.69) is 31.1 Å². The zero-order valence-electron chi connectivity index (χ0n) is 24.5. The minimum atomic E-state index is -0.509. The molecular weight excluding hydrogens is 568 g/mol. The molecule has 2 saturated heterocycles. The predicted octanol–water partition coefficient (Wildman–Crippen LogP) is 3.62. The van der Waals surface area contributed by atoms with Crippen molar-refractivity contribution in [3.63, 3.8) is 0 Å². The molecule has 0 bridgehead atoms. The summed E-state index contributed by atoms with van der Waals surface area (Å²) in [5, 5.41) is 6.55. The zero-order chi connectivity index (χ0) is 30.5. The molecule has 0 aromatic rings. The minimum Gasteiger partial charge on any atom is -0.362 e. The third-order valence-electron chi connectivity index (χ3n) is 6.09. The number of ether oxygens (including phenoxy) is 1. The first kappa shape index (κ1) is 36.5. The molecule has 41 heavy (non-hydrogen) atoms. The fourth-order valence-electron chi connectivity index (χ4n) is 3.74. The SMILES string of the molecule is C=C1CCC(=O)N1OC(=O)CCCC(=O)NCCCCC.CCCCCCNC(=O)COCC(=O)N1CCSC1=S. The van der Waals surface area contributed by atoms with E-state index in [1.807, 2.05) is 0 Å². The molecule has 0 aromatic carbocycles. The van der Waals surface area contributed by atoms with Crippen molar-refractivity contribution in [2.75, 3.05) is 38.6 Å². The fourth-order valence-corrected chi connectivity index (χ4v) is 4.98. The van der Waals surface area contributed by atoms with E-state index in [9.17, 15) is 24.0 Å². The van der Waals surface area contributed by atoms with Gasteiger partial charge < -0.3 is 20.2 Å². The summed E-state index contributed by atoms with van der Waals surface area (Å²) in [4.78, 5) is 64.1. The van der Waals surface area contributed by atoms with Crippen LogP contribution in [0.5, 0.6) is 0 Å². The number of thiocarbonyl (C=S) groups is 1. The molecule has 0 aromatic heterocycles. The van der Waals surface area contributed by atoms with Crippen molar-refractivity contribution < 1.29 is 33.5 Å². The van der Waals surface area contributed by atoms with Crippen LogP contribution in [0, 0.1) is 0 Å². The number of nitrogens with zero attached hydrogens (tertiary/aromatic N) is 2. The summed E-state index contributed by atoms with van der Waals surface area (Å²) in [6, 6.07) is 0. The van der Waals surface area contributed by atoms with Crippen LogP contribution in [0.2, 0.25) is 0 Å². The van der Waals surface area contributed by atoms with Crippen molar-refractivity contribution in [3.05, 3.63) is 12.3 Å². The van der Waals surface area contributed by atoms with Crippen molar-refractivity contribution in [1.82, 2.24) is 20.6 Å². The average Bonchev–Trinajstić information content (AvgIpc) is 3.51. The molecular formula is C28H46N4O7S2. The van der Waals surface area contributed by atoms with Crippen LogP contribution in [0.15, 0.2) is 12.3 Å². The lowest BCUT2D eigenvalue weighted by molar-refractivity contribution is -0.186. The summed E-state index contributed by atoms with van der Waals surface area (Å²) in [7, 11) is 0. The van der Waals surface area contributed by atoms with Crippen LogP contribution in [0.25, 0.3) is 0 Å². The van der Waals surface area contributed by atoms with E-state index in [1.165, 1.54) is 29.5 Å².